The van der Waals surface area contributed by atoms with Crippen molar-refractivity contribution < 1.29 is 14.2 Å². The molecule has 226 valence electrons. The molecule has 1 aliphatic heterocycles. The van der Waals surface area contributed by atoms with Crippen LogP contribution in [-0.4, -0.2) is 62.7 Å². The molecule has 1 aliphatic rings. The normalized spacial score (nSPS) is 17.8. The van der Waals surface area contributed by atoms with Crippen LogP contribution in [0.15, 0.2) is 24.3 Å². The largest absolute Gasteiger partial charge is 0.473 e. The van der Waals surface area contributed by atoms with Crippen molar-refractivity contribution in [3.8, 4) is 11.5 Å². The lowest BCUT2D eigenvalue weighted by atomic mass is 10.1. The van der Waals surface area contributed by atoms with Gasteiger partial charge < -0.3 is 14.2 Å². The average molecular weight is 547 g/mol. The molecule has 2 rings (SSSR count). The van der Waals surface area contributed by atoms with Gasteiger partial charge >= 0.3 is 0 Å². The van der Waals surface area contributed by atoms with E-state index in [1.807, 2.05) is 24.3 Å². The maximum Gasteiger partial charge on any atom is 0.175 e. The molecule has 39 heavy (non-hydrogen) atoms. The van der Waals surface area contributed by atoms with E-state index in [9.17, 15) is 0 Å². The molecule has 1 aromatic rings. The highest BCUT2D eigenvalue weighted by Gasteiger charge is 2.23. The standard InChI is InChI=1S/C34H62N2O3/c1-5-7-9-11-13-15-17-19-21-26-35(3)33-29-37-30-34(39-32-25-23-24-31(28-32)38-33)36(4)27-22-20-18-16-14-12-10-8-6-2/h23-25,28,33-34H,5-22,26-27,29-30H2,1-4H3. The number of rotatable bonds is 22. The molecule has 0 amide bonds. The van der Waals surface area contributed by atoms with Gasteiger partial charge in [-0.05, 0) is 39.1 Å². The number of likely N-dealkylation sites (N-methyl/N-ethyl adjacent to an activating group) is 2. The zero-order valence-electron chi connectivity index (χ0n) is 26.1. The molecule has 0 radical (unpaired) electrons. The van der Waals surface area contributed by atoms with Crippen LogP contribution in [0.25, 0.3) is 0 Å². The predicted octanol–water partition coefficient (Wildman–Crippen LogP) is 9.05. The highest BCUT2D eigenvalue weighted by Crippen LogP contribution is 2.24. The Morgan fingerprint density at radius 1 is 0.564 bits per heavy atom. The topological polar surface area (TPSA) is 34.2 Å². The predicted molar refractivity (Wildman–Crippen MR) is 166 cm³/mol. The SMILES string of the molecule is CCCCCCCCCCCN(C)C1COCC(N(C)CCCCCCCCCCC)Oc2cccc(c2)O1. The van der Waals surface area contributed by atoms with Crippen LogP contribution in [0.1, 0.15) is 129 Å². The lowest BCUT2D eigenvalue weighted by Crippen LogP contribution is -2.45. The summed E-state index contributed by atoms with van der Waals surface area (Å²) in [5.74, 6) is 1.70. The van der Waals surface area contributed by atoms with Crippen LogP contribution in [0.3, 0.4) is 0 Å². The van der Waals surface area contributed by atoms with Gasteiger partial charge in [-0.2, -0.15) is 0 Å². The fraction of sp³-hybridized carbons (Fsp3) is 0.824. The molecule has 0 spiro atoms. The molecule has 1 aromatic carbocycles. The van der Waals surface area contributed by atoms with Gasteiger partial charge in [-0.25, -0.2) is 0 Å². The Labute approximate surface area is 242 Å². The Morgan fingerprint density at radius 2 is 0.923 bits per heavy atom. The zero-order valence-corrected chi connectivity index (χ0v) is 26.1. The molecule has 2 bridgehead atoms. The second-order valence-corrected chi connectivity index (χ2v) is 11.8. The summed E-state index contributed by atoms with van der Waals surface area (Å²) in [7, 11) is 4.33. The molecule has 2 unspecified atom stereocenters. The lowest BCUT2D eigenvalue weighted by molar-refractivity contribution is -0.0791. The van der Waals surface area contributed by atoms with E-state index in [1.165, 1.54) is 116 Å². The minimum atomic E-state index is -0.0873. The van der Waals surface area contributed by atoms with E-state index in [2.05, 4.69) is 37.7 Å². The van der Waals surface area contributed by atoms with Crippen molar-refractivity contribution in [2.75, 3.05) is 40.4 Å². The highest BCUT2D eigenvalue weighted by atomic mass is 16.6. The minimum Gasteiger partial charge on any atom is -0.473 e. The number of fused-ring (bicyclic) bond motifs is 2. The monoisotopic (exact) mass is 546 g/mol. The molecule has 1 heterocycles. The fourth-order valence-corrected chi connectivity index (χ4v) is 5.34. The van der Waals surface area contributed by atoms with E-state index in [0.29, 0.717) is 13.2 Å². The molecular weight excluding hydrogens is 484 g/mol. The summed E-state index contributed by atoms with van der Waals surface area (Å²) >= 11 is 0. The van der Waals surface area contributed by atoms with Crippen LogP contribution < -0.4 is 9.47 Å². The summed E-state index contributed by atoms with van der Waals surface area (Å²) in [4.78, 5) is 4.63. The van der Waals surface area contributed by atoms with Gasteiger partial charge in [0.15, 0.2) is 12.5 Å². The quantitative estimate of drug-likeness (QED) is 0.136. The molecule has 0 aromatic heterocycles. The Morgan fingerprint density at radius 3 is 1.31 bits per heavy atom. The summed E-state index contributed by atoms with van der Waals surface area (Å²) in [6.07, 6.45) is 24.1. The molecule has 0 saturated carbocycles. The van der Waals surface area contributed by atoms with Crippen LogP contribution >= 0.6 is 0 Å². The van der Waals surface area contributed by atoms with Crippen LogP contribution in [0, 0.1) is 0 Å². The summed E-state index contributed by atoms with van der Waals surface area (Å²) < 4.78 is 18.9. The molecule has 5 heteroatoms. The number of hydrogen-bond acceptors (Lipinski definition) is 5. The molecule has 5 nitrogen and oxygen atoms in total. The second kappa shape index (κ2) is 22.4. The van der Waals surface area contributed by atoms with Crippen molar-refractivity contribution in [1.82, 2.24) is 9.80 Å². The Kier molecular flexibility index (Phi) is 19.5. The van der Waals surface area contributed by atoms with Gasteiger partial charge in [0.2, 0.25) is 0 Å². The number of hydrogen-bond donors (Lipinski definition) is 0. The third-order valence-corrected chi connectivity index (χ3v) is 8.08. The van der Waals surface area contributed by atoms with Crippen LogP contribution in [-0.2, 0) is 4.74 Å². The van der Waals surface area contributed by atoms with E-state index in [0.717, 1.165) is 24.6 Å². The summed E-state index contributed by atoms with van der Waals surface area (Å²) in [6.45, 7) is 7.72. The molecule has 0 aliphatic carbocycles. The number of ether oxygens (including phenoxy) is 3. The summed E-state index contributed by atoms with van der Waals surface area (Å²) in [5, 5.41) is 0. The Bertz CT molecular complexity index is 648. The van der Waals surface area contributed by atoms with Gasteiger partial charge in [-0.3, -0.25) is 9.80 Å². The first-order valence-corrected chi connectivity index (χ1v) is 16.6. The van der Waals surface area contributed by atoms with E-state index >= 15 is 0 Å². The first-order valence-electron chi connectivity index (χ1n) is 16.6. The van der Waals surface area contributed by atoms with E-state index in [4.69, 9.17) is 14.2 Å². The lowest BCUT2D eigenvalue weighted by Gasteiger charge is -2.33. The maximum absolute atomic E-state index is 6.36. The van der Waals surface area contributed by atoms with Crippen molar-refractivity contribution in [3.63, 3.8) is 0 Å². The van der Waals surface area contributed by atoms with Crippen molar-refractivity contribution in [2.45, 2.75) is 142 Å². The molecule has 2 atom stereocenters. The van der Waals surface area contributed by atoms with Gasteiger partial charge in [-0.1, -0.05) is 123 Å². The molecule has 0 N–H and O–H groups in total. The van der Waals surface area contributed by atoms with Gasteiger partial charge in [0.05, 0.1) is 13.2 Å². The maximum atomic E-state index is 6.36. The average Bonchev–Trinajstić information content (AvgIpc) is 2.94. The van der Waals surface area contributed by atoms with Crippen molar-refractivity contribution >= 4 is 0 Å². The van der Waals surface area contributed by atoms with Gasteiger partial charge in [0.25, 0.3) is 0 Å². The second-order valence-electron chi connectivity index (χ2n) is 11.8. The van der Waals surface area contributed by atoms with Crippen molar-refractivity contribution in [3.05, 3.63) is 24.3 Å². The van der Waals surface area contributed by atoms with E-state index in [1.54, 1.807) is 0 Å². The van der Waals surface area contributed by atoms with Crippen molar-refractivity contribution in [1.29, 1.82) is 0 Å². The first-order chi connectivity index (χ1) is 19.1. The molecule has 0 fully saturated rings. The summed E-state index contributed by atoms with van der Waals surface area (Å²) in [6, 6.07) is 8.11. The highest BCUT2D eigenvalue weighted by molar-refractivity contribution is 5.33. The van der Waals surface area contributed by atoms with Crippen LogP contribution in [0.5, 0.6) is 11.5 Å². The van der Waals surface area contributed by atoms with E-state index in [-0.39, 0.29) is 12.5 Å². The number of nitrogens with zero attached hydrogens (tertiary/aromatic N) is 2. The van der Waals surface area contributed by atoms with Crippen LogP contribution in [0.2, 0.25) is 0 Å². The van der Waals surface area contributed by atoms with E-state index < -0.39 is 0 Å². The number of unbranched alkanes of at least 4 members (excludes halogenated alkanes) is 16. The zero-order chi connectivity index (χ0) is 28.0. The Hall–Kier alpha value is -1.30. The van der Waals surface area contributed by atoms with Gasteiger partial charge in [0, 0.05) is 19.2 Å². The Balaban J connectivity index is 1.72. The minimum absolute atomic E-state index is 0.0873. The number of benzene rings is 1. The van der Waals surface area contributed by atoms with Crippen LogP contribution in [0.4, 0.5) is 0 Å². The summed E-state index contributed by atoms with van der Waals surface area (Å²) in [5.41, 5.74) is 0. The fourth-order valence-electron chi connectivity index (χ4n) is 5.34. The third-order valence-electron chi connectivity index (χ3n) is 8.08. The first kappa shape index (κ1) is 33.9. The smallest absolute Gasteiger partial charge is 0.175 e. The third kappa shape index (κ3) is 15.9. The van der Waals surface area contributed by atoms with Gasteiger partial charge in [0.1, 0.15) is 11.5 Å². The molecular formula is C34H62N2O3. The van der Waals surface area contributed by atoms with Crippen molar-refractivity contribution in [2.24, 2.45) is 0 Å². The van der Waals surface area contributed by atoms with Gasteiger partial charge in [-0.15, -0.1) is 0 Å². The molecule has 0 saturated heterocycles.